The van der Waals surface area contributed by atoms with Crippen molar-refractivity contribution in [3.8, 4) is 17.6 Å². The van der Waals surface area contributed by atoms with E-state index < -0.39 is 0 Å². The molecule has 1 aliphatic rings. The van der Waals surface area contributed by atoms with Crippen molar-refractivity contribution in [2.45, 2.75) is 26.0 Å². The summed E-state index contributed by atoms with van der Waals surface area (Å²) in [6.07, 6.45) is 1.42. The lowest BCUT2D eigenvalue weighted by Crippen LogP contribution is -2.41. The molecule has 4 heteroatoms. The van der Waals surface area contributed by atoms with Crippen molar-refractivity contribution < 1.29 is 9.47 Å². The summed E-state index contributed by atoms with van der Waals surface area (Å²) in [5.41, 5.74) is 7.60. The average molecular weight is 288 g/mol. The Kier molecular flexibility index (Phi) is 6.06. The van der Waals surface area contributed by atoms with Crippen molar-refractivity contribution in [3.05, 3.63) is 29.3 Å². The van der Waals surface area contributed by atoms with Gasteiger partial charge in [-0.05, 0) is 24.1 Å². The highest BCUT2D eigenvalue weighted by atomic mass is 16.5. The minimum atomic E-state index is 0.355. The number of nitrogens with two attached hydrogens (primary N) is 1. The van der Waals surface area contributed by atoms with E-state index >= 15 is 0 Å². The zero-order chi connectivity index (χ0) is 15.1. The Labute approximate surface area is 127 Å². The van der Waals surface area contributed by atoms with Gasteiger partial charge in [-0.3, -0.25) is 4.90 Å². The van der Waals surface area contributed by atoms with Gasteiger partial charge < -0.3 is 15.2 Å². The normalized spacial score (nSPS) is 18.9. The summed E-state index contributed by atoms with van der Waals surface area (Å²) >= 11 is 0. The van der Waals surface area contributed by atoms with Crippen LogP contribution in [0.3, 0.4) is 0 Å². The fraction of sp³-hybridized carbons (Fsp3) is 0.529. The Hall–Kier alpha value is -1.54. The van der Waals surface area contributed by atoms with Crippen LogP contribution in [0.25, 0.3) is 0 Å². The molecule has 1 heterocycles. The van der Waals surface area contributed by atoms with Crippen molar-refractivity contribution in [1.82, 2.24) is 4.90 Å². The Morgan fingerprint density at radius 2 is 2.33 bits per heavy atom. The van der Waals surface area contributed by atoms with Crippen LogP contribution in [0.2, 0.25) is 0 Å². The molecule has 21 heavy (non-hydrogen) atoms. The molecule has 114 valence electrons. The van der Waals surface area contributed by atoms with Gasteiger partial charge in [-0.1, -0.05) is 24.8 Å². The first-order chi connectivity index (χ1) is 10.3. The van der Waals surface area contributed by atoms with Crippen LogP contribution >= 0.6 is 0 Å². The van der Waals surface area contributed by atoms with Gasteiger partial charge in [-0.15, -0.1) is 0 Å². The summed E-state index contributed by atoms with van der Waals surface area (Å²) in [4.78, 5) is 2.43. The average Bonchev–Trinajstić information content (AvgIpc) is 2.53. The first-order valence-corrected chi connectivity index (χ1v) is 7.46. The summed E-state index contributed by atoms with van der Waals surface area (Å²) in [5.74, 6) is 6.77. The second kappa shape index (κ2) is 8.04. The summed E-state index contributed by atoms with van der Waals surface area (Å²) in [7, 11) is 1.66. The molecule has 0 saturated carbocycles. The predicted octanol–water partition coefficient (Wildman–Crippen LogP) is 1.62. The number of hydrogen-bond donors (Lipinski definition) is 1. The van der Waals surface area contributed by atoms with Gasteiger partial charge >= 0.3 is 0 Å². The topological polar surface area (TPSA) is 47.7 Å². The Morgan fingerprint density at radius 1 is 1.48 bits per heavy atom. The van der Waals surface area contributed by atoms with E-state index in [-0.39, 0.29) is 0 Å². The molecule has 2 rings (SSSR count). The van der Waals surface area contributed by atoms with Gasteiger partial charge in [-0.2, -0.15) is 0 Å². The molecule has 0 bridgehead atoms. The Morgan fingerprint density at radius 3 is 3.05 bits per heavy atom. The highest BCUT2D eigenvalue weighted by molar-refractivity contribution is 5.48. The van der Waals surface area contributed by atoms with Crippen LogP contribution in [0.1, 0.15) is 24.5 Å². The van der Waals surface area contributed by atoms with Gasteiger partial charge in [0.25, 0.3) is 0 Å². The Bertz CT molecular complexity index is 519. The minimum Gasteiger partial charge on any atom is -0.495 e. The molecule has 1 fully saturated rings. The fourth-order valence-corrected chi connectivity index (χ4v) is 2.53. The molecule has 4 nitrogen and oxygen atoms in total. The van der Waals surface area contributed by atoms with Gasteiger partial charge in [0, 0.05) is 19.6 Å². The van der Waals surface area contributed by atoms with Crippen molar-refractivity contribution in [3.63, 3.8) is 0 Å². The molecule has 1 atom stereocenters. The third-order valence-electron chi connectivity index (χ3n) is 3.67. The van der Waals surface area contributed by atoms with Crippen LogP contribution in [-0.4, -0.2) is 44.4 Å². The van der Waals surface area contributed by atoms with Crippen LogP contribution in [0.5, 0.6) is 5.75 Å². The monoisotopic (exact) mass is 288 g/mol. The number of benzene rings is 1. The molecule has 0 radical (unpaired) electrons. The molecule has 0 aliphatic carbocycles. The van der Waals surface area contributed by atoms with Crippen molar-refractivity contribution in [2.75, 3.05) is 33.4 Å². The summed E-state index contributed by atoms with van der Waals surface area (Å²) < 4.78 is 11.1. The highest BCUT2D eigenvalue weighted by Gasteiger charge is 2.19. The van der Waals surface area contributed by atoms with E-state index in [0.29, 0.717) is 12.6 Å². The lowest BCUT2D eigenvalue weighted by molar-refractivity contribution is -0.0324. The third-order valence-corrected chi connectivity index (χ3v) is 3.67. The lowest BCUT2D eigenvalue weighted by atomic mass is 10.1. The molecule has 0 amide bonds. The maximum absolute atomic E-state index is 5.71. The number of morpholine rings is 1. The Balaban J connectivity index is 2.09. The molecule has 1 saturated heterocycles. The predicted molar refractivity (Wildman–Crippen MR) is 84.2 cm³/mol. The van der Waals surface area contributed by atoms with Crippen LogP contribution in [0, 0.1) is 11.8 Å². The second-order valence-corrected chi connectivity index (χ2v) is 5.18. The quantitative estimate of drug-likeness (QED) is 0.855. The number of nitrogens with zero attached hydrogens (tertiary/aromatic N) is 1. The second-order valence-electron chi connectivity index (χ2n) is 5.18. The number of rotatable bonds is 4. The summed E-state index contributed by atoms with van der Waals surface area (Å²) in [6, 6.07) is 6.17. The van der Waals surface area contributed by atoms with Crippen molar-refractivity contribution >= 4 is 0 Å². The van der Waals surface area contributed by atoms with Crippen molar-refractivity contribution in [1.29, 1.82) is 0 Å². The number of methoxy groups -OCH3 is 1. The van der Waals surface area contributed by atoms with E-state index in [1.165, 1.54) is 5.56 Å². The summed E-state index contributed by atoms with van der Waals surface area (Å²) in [5, 5.41) is 0. The molecular formula is C17H24N2O2. The summed E-state index contributed by atoms with van der Waals surface area (Å²) in [6.45, 7) is 6.23. The van der Waals surface area contributed by atoms with Crippen LogP contribution in [0.4, 0.5) is 0 Å². The number of ether oxygens (including phenoxy) is 2. The molecule has 0 aromatic heterocycles. The van der Waals surface area contributed by atoms with Crippen LogP contribution in [0.15, 0.2) is 18.2 Å². The zero-order valence-corrected chi connectivity index (χ0v) is 12.9. The van der Waals surface area contributed by atoms with Gasteiger partial charge in [0.1, 0.15) is 5.75 Å². The lowest BCUT2D eigenvalue weighted by Gasteiger charge is -2.32. The van der Waals surface area contributed by atoms with Gasteiger partial charge in [0.15, 0.2) is 0 Å². The molecule has 1 aliphatic heterocycles. The van der Waals surface area contributed by atoms with Crippen LogP contribution in [-0.2, 0) is 11.3 Å². The van der Waals surface area contributed by atoms with E-state index in [1.807, 2.05) is 6.07 Å². The maximum atomic E-state index is 5.71. The third kappa shape index (κ3) is 4.47. The van der Waals surface area contributed by atoms with E-state index in [0.717, 1.165) is 44.0 Å². The van der Waals surface area contributed by atoms with Gasteiger partial charge in [-0.25, -0.2) is 0 Å². The molecule has 2 N–H and O–H groups in total. The van der Waals surface area contributed by atoms with Gasteiger partial charge in [0.2, 0.25) is 0 Å². The maximum Gasteiger partial charge on any atom is 0.134 e. The molecule has 1 unspecified atom stereocenters. The minimum absolute atomic E-state index is 0.355. The molecular weight excluding hydrogens is 264 g/mol. The highest BCUT2D eigenvalue weighted by Crippen LogP contribution is 2.20. The van der Waals surface area contributed by atoms with E-state index in [1.54, 1.807) is 7.11 Å². The smallest absolute Gasteiger partial charge is 0.134 e. The van der Waals surface area contributed by atoms with Crippen LogP contribution < -0.4 is 10.5 Å². The van der Waals surface area contributed by atoms with Crippen molar-refractivity contribution in [2.24, 2.45) is 5.73 Å². The first kappa shape index (κ1) is 15.8. The first-order valence-electron chi connectivity index (χ1n) is 7.46. The molecule has 0 spiro atoms. The molecule has 1 aromatic rings. The van der Waals surface area contributed by atoms with E-state index in [9.17, 15) is 0 Å². The van der Waals surface area contributed by atoms with E-state index in [4.69, 9.17) is 15.2 Å². The fourth-order valence-electron chi connectivity index (χ4n) is 2.53. The SMILES string of the molecule is CCC1CN(Cc2ccc(OC)c(C#CCN)c2)CCO1. The molecule has 1 aromatic carbocycles. The van der Waals surface area contributed by atoms with Gasteiger partial charge in [0.05, 0.1) is 31.9 Å². The van der Waals surface area contributed by atoms with E-state index in [2.05, 4.69) is 35.8 Å². The zero-order valence-electron chi connectivity index (χ0n) is 12.9. The largest absolute Gasteiger partial charge is 0.495 e. The standard InChI is InChI=1S/C17H24N2O2/c1-3-16-13-19(9-10-21-16)12-14-6-7-17(20-2)15(11-14)5-4-8-18/h6-7,11,16H,3,8-10,12-13,18H2,1-2H3. The number of hydrogen-bond acceptors (Lipinski definition) is 4.